The minimum absolute atomic E-state index is 0.450. The second-order valence-electron chi connectivity index (χ2n) is 6.16. The first-order chi connectivity index (χ1) is 9.04. The number of hydrogen-bond acceptors (Lipinski definition) is 2. The molecule has 2 rings (SSSR count). The molecule has 4 atom stereocenters. The van der Waals surface area contributed by atoms with Crippen molar-refractivity contribution in [3.05, 3.63) is 20.8 Å². The first-order valence-corrected chi connectivity index (χ1v) is 8.77. The van der Waals surface area contributed by atoms with E-state index in [1.54, 1.807) is 0 Å². The van der Waals surface area contributed by atoms with E-state index in [2.05, 4.69) is 38.4 Å². The van der Waals surface area contributed by atoms with Crippen LogP contribution in [0.1, 0.15) is 56.5 Å². The van der Waals surface area contributed by atoms with Gasteiger partial charge < -0.3 is 5.32 Å². The van der Waals surface area contributed by atoms with Crippen LogP contribution in [0.4, 0.5) is 0 Å². The SMILES string of the molecule is CCNC(c1scc(C)c1Cl)C1CCC(C)C(C)C1. The summed E-state index contributed by atoms with van der Waals surface area (Å²) in [6.07, 6.45) is 4.01. The van der Waals surface area contributed by atoms with E-state index in [-0.39, 0.29) is 0 Å². The molecule has 1 aliphatic rings. The third kappa shape index (κ3) is 3.34. The van der Waals surface area contributed by atoms with E-state index in [1.807, 2.05) is 11.3 Å². The predicted octanol–water partition coefficient (Wildman–Crippen LogP) is 5.43. The van der Waals surface area contributed by atoms with Crippen LogP contribution in [0.3, 0.4) is 0 Å². The van der Waals surface area contributed by atoms with Crippen LogP contribution in [-0.2, 0) is 0 Å². The zero-order valence-electron chi connectivity index (χ0n) is 12.5. The topological polar surface area (TPSA) is 12.0 Å². The van der Waals surface area contributed by atoms with Crippen LogP contribution in [0, 0.1) is 24.7 Å². The van der Waals surface area contributed by atoms with E-state index in [0.717, 1.165) is 29.3 Å². The van der Waals surface area contributed by atoms with Gasteiger partial charge in [0, 0.05) is 10.9 Å². The molecule has 1 saturated carbocycles. The molecule has 0 aromatic carbocycles. The molecule has 1 nitrogen and oxygen atoms in total. The number of nitrogens with one attached hydrogen (secondary N) is 1. The van der Waals surface area contributed by atoms with Crippen LogP contribution < -0.4 is 5.32 Å². The van der Waals surface area contributed by atoms with Gasteiger partial charge in [-0.1, -0.05) is 38.8 Å². The molecule has 0 spiro atoms. The number of halogens is 1. The van der Waals surface area contributed by atoms with Crippen molar-refractivity contribution in [2.45, 2.75) is 53.0 Å². The van der Waals surface area contributed by atoms with Crippen molar-refractivity contribution in [3.63, 3.8) is 0 Å². The Morgan fingerprint density at radius 1 is 1.37 bits per heavy atom. The van der Waals surface area contributed by atoms with Crippen LogP contribution in [-0.4, -0.2) is 6.54 Å². The van der Waals surface area contributed by atoms with Gasteiger partial charge in [-0.2, -0.15) is 0 Å². The highest BCUT2D eigenvalue weighted by atomic mass is 35.5. The summed E-state index contributed by atoms with van der Waals surface area (Å²) in [5.41, 5.74) is 1.22. The lowest BCUT2D eigenvalue weighted by Gasteiger charge is -2.37. The lowest BCUT2D eigenvalue weighted by Crippen LogP contribution is -2.33. The highest BCUT2D eigenvalue weighted by Crippen LogP contribution is 2.43. The second-order valence-corrected chi connectivity index (χ2v) is 7.45. The number of thiophene rings is 1. The monoisotopic (exact) mass is 299 g/mol. The minimum atomic E-state index is 0.450. The van der Waals surface area contributed by atoms with E-state index >= 15 is 0 Å². The second kappa shape index (κ2) is 6.60. The van der Waals surface area contributed by atoms with Crippen LogP contribution in [0.5, 0.6) is 0 Å². The van der Waals surface area contributed by atoms with Crippen LogP contribution >= 0.6 is 22.9 Å². The van der Waals surface area contributed by atoms with Gasteiger partial charge in [0.2, 0.25) is 0 Å². The van der Waals surface area contributed by atoms with Crippen molar-refractivity contribution >= 4 is 22.9 Å². The van der Waals surface area contributed by atoms with Gasteiger partial charge in [-0.05, 0) is 55.0 Å². The van der Waals surface area contributed by atoms with E-state index in [0.29, 0.717) is 6.04 Å². The Hall–Kier alpha value is -0.0500. The minimum Gasteiger partial charge on any atom is -0.309 e. The lowest BCUT2D eigenvalue weighted by molar-refractivity contribution is 0.173. The Morgan fingerprint density at radius 2 is 2.11 bits per heavy atom. The van der Waals surface area contributed by atoms with Crippen molar-refractivity contribution < 1.29 is 0 Å². The molecule has 0 aliphatic heterocycles. The number of hydrogen-bond donors (Lipinski definition) is 1. The van der Waals surface area contributed by atoms with Crippen molar-refractivity contribution in [2.24, 2.45) is 17.8 Å². The molecule has 0 saturated heterocycles. The zero-order valence-corrected chi connectivity index (χ0v) is 14.1. The Kier molecular flexibility index (Phi) is 5.33. The summed E-state index contributed by atoms with van der Waals surface area (Å²) in [6, 6.07) is 0.450. The predicted molar refractivity (Wildman–Crippen MR) is 86.2 cm³/mol. The molecule has 1 heterocycles. The molecule has 0 amide bonds. The molecule has 4 unspecified atom stereocenters. The summed E-state index contributed by atoms with van der Waals surface area (Å²) in [5.74, 6) is 2.44. The average Bonchev–Trinajstić information content (AvgIpc) is 2.71. The molecule has 0 bridgehead atoms. The molecule has 3 heteroatoms. The normalized spacial score (nSPS) is 29.4. The van der Waals surface area contributed by atoms with Crippen molar-refractivity contribution in [1.82, 2.24) is 5.32 Å². The maximum absolute atomic E-state index is 6.49. The van der Waals surface area contributed by atoms with Gasteiger partial charge in [0.15, 0.2) is 0 Å². The van der Waals surface area contributed by atoms with Crippen molar-refractivity contribution in [2.75, 3.05) is 6.54 Å². The third-order valence-electron chi connectivity index (χ3n) is 4.74. The quantitative estimate of drug-likeness (QED) is 0.781. The van der Waals surface area contributed by atoms with Crippen LogP contribution in [0.2, 0.25) is 5.02 Å². The van der Waals surface area contributed by atoms with E-state index in [9.17, 15) is 0 Å². The van der Waals surface area contributed by atoms with E-state index in [4.69, 9.17) is 11.6 Å². The number of rotatable bonds is 4. The summed E-state index contributed by atoms with van der Waals surface area (Å²) >= 11 is 8.32. The smallest absolute Gasteiger partial charge is 0.0590 e. The van der Waals surface area contributed by atoms with Gasteiger partial charge >= 0.3 is 0 Å². The van der Waals surface area contributed by atoms with Gasteiger partial charge in [-0.15, -0.1) is 11.3 Å². The highest BCUT2D eigenvalue weighted by molar-refractivity contribution is 7.10. The molecule has 108 valence electrons. The number of aryl methyl sites for hydroxylation is 1. The molecule has 1 aromatic heterocycles. The Labute approximate surface area is 126 Å². The van der Waals surface area contributed by atoms with E-state index < -0.39 is 0 Å². The first-order valence-electron chi connectivity index (χ1n) is 7.51. The highest BCUT2D eigenvalue weighted by Gasteiger charge is 2.32. The van der Waals surface area contributed by atoms with Crippen molar-refractivity contribution in [1.29, 1.82) is 0 Å². The summed E-state index contributed by atoms with van der Waals surface area (Å²) in [7, 11) is 0. The fourth-order valence-corrected chi connectivity index (χ4v) is 4.72. The molecular weight excluding hydrogens is 274 g/mol. The van der Waals surface area contributed by atoms with Gasteiger partial charge in [0.1, 0.15) is 0 Å². The molecule has 19 heavy (non-hydrogen) atoms. The Bertz CT molecular complexity index is 415. The van der Waals surface area contributed by atoms with Gasteiger partial charge in [0.25, 0.3) is 0 Å². The molecule has 1 N–H and O–H groups in total. The van der Waals surface area contributed by atoms with Gasteiger partial charge in [-0.25, -0.2) is 0 Å². The average molecular weight is 300 g/mol. The van der Waals surface area contributed by atoms with Gasteiger partial charge in [0.05, 0.1) is 5.02 Å². The molecule has 1 aromatic rings. The molecule has 1 fully saturated rings. The Balaban J connectivity index is 2.18. The maximum atomic E-state index is 6.49. The zero-order chi connectivity index (χ0) is 14.0. The fraction of sp³-hybridized carbons (Fsp3) is 0.750. The van der Waals surface area contributed by atoms with Gasteiger partial charge in [-0.3, -0.25) is 0 Å². The summed E-state index contributed by atoms with van der Waals surface area (Å²) in [5, 5.41) is 6.86. The summed E-state index contributed by atoms with van der Waals surface area (Å²) < 4.78 is 0. The van der Waals surface area contributed by atoms with Crippen LogP contribution in [0.15, 0.2) is 5.38 Å². The van der Waals surface area contributed by atoms with Crippen LogP contribution in [0.25, 0.3) is 0 Å². The summed E-state index contributed by atoms with van der Waals surface area (Å²) in [4.78, 5) is 1.35. The fourth-order valence-electron chi connectivity index (χ4n) is 3.24. The lowest BCUT2D eigenvalue weighted by atomic mass is 9.73. The van der Waals surface area contributed by atoms with Crippen molar-refractivity contribution in [3.8, 4) is 0 Å². The summed E-state index contributed by atoms with van der Waals surface area (Å²) in [6.45, 7) is 10.1. The first kappa shape index (κ1) is 15.3. The largest absolute Gasteiger partial charge is 0.309 e. The standard InChI is InChI=1S/C16H26ClNS/c1-5-18-15(16-14(17)12(4)9-19-16)13-7-6-10(2)11(3)8-13/h9-11,13,15,18H,5-8H2,1-4H3. The van der Waals surface area contributed by atoms with E-state index in [1.165, 1.54) is 29.7 Å². The maximum Gasteiger partial charge on any atom is 0.0590 e. The molecule has 0 radical (unpaired) electrons. The molecule has 1 aliphatic carbocycles. The third-order valence-corrected chi connectivity index (χ3v) is 6.54. The Morgan fingerprint density at radius 3 is 2.63 bits per heavy atom. The molecular formula is C16H26ClNS.